The van der Waals surface area contributed by atoms with E-state index < -0.39 is 5.97 Å². The Morgan fingerprint density at radius 2 is 2.20 bits per heavy atom. The van der Waals surface area contributed by atoms with Gasteiger partial charge >= 0.3 is 5.97 Å². The van der Waals surface area contributed by atoms with Crippen LogP contribution in [0.4, 0.5) is 0 Å². The van der Waals surface area contributed by atoms with E-state index in [-0.39, 0.29) is 6.79 Å². The van der Waals surface area contributed by atoms with Gasteiger partial charge in [0.1, 0.15) is 5.75 Å². The number of aliphatic carboxylic acids is 1. The number of rotatable bonds is 5. The fourth-order valence-corrected chi connectivity index (χ4v) is 1.03. The number of hydrogen-bond donors (Lipinski definition) is 1. The zero-order valence-corrected chi connectivity index (χ0v) is 8.34. The van der Waals surface area contributed by atoms with Gasteiger partial charge in [0.15, 0.2) is 6.79 Å². The van der Waals surface area contributed by atoms with Crippen LogP contribution in [0.3, 0.4) is 0 Å². The molecule has 0 amide bonds. The summed E-state index contributed by atoms with van der Waals surface area (Å²) in [6.07, 6.45) is 2.54. The van der Waals surface area contributed by atoms with Gasteiger partial charge < -0.3 is 14.6 Å². The third-order valence-electron chi connectivity index (χ3n) is 1.66. The van der Waals surface area contributed by atoms with Crippen LogP contribution >= 0.6 is 0 Å². The third-order valence-corrected chi connectivity index (χ3v) is 1.66. The first-order valence-corrected chi connectivity index (χ1v) is 4.36. The molecule has 0 saturated heterocycles. The highest BCUT2D eigenvalue weighted by Crippen LogP contribution is 2.19. The molecule has 0 heterocycles. The van der Waals surface area contributed by atoms with Crippen molar-refractivity contribution in [3.05, 3.63) is 35.9 Å². The minimum absolute atomic E-state index is 0.137. The molecule has 0 bridgehead atoms. The summed E-state index contributed by atoms with van der Waals surface area (Å²) >= 11 is 0. The van der Waals surface area contributed by atoms with E-state index in [1.54, 1.807) is 18.2 Å². The first-order chi connectivity index (χ1) is 7.24. The van der Waals surface area contributed by atoms with Crippen molar-refractivity contribution in [2.45, 2.75) is 0 Å². The van der Waals surface area contributed by atoms with E-state index in [1.165, 1.54) is 13.2 Å². The van der Waals surface area contributed by atoms with Crippen LogP contribution in [0.2, 0.25) is 0 Å². The molecule has 15 heavy (non-hydrogen) atoms. The van der Waals surface area contributed by atoms with Crippen molar-refractivity contribution in [1.82, 2.24) is 0 Å². The average molecular weight is 208 g/mol. The highest BCUT2D eigenvalue weighted by atomic mass is 16.7. The Kier molecular flexibility index (Phi) is 4.37. The monoisotopic (exact) mass is 208 g/mol. The predicted molar refractivity (Wildman–Crippen MR) is 55.6 cm³/mol. The van der Waals surface area contributed by atoms with Gasteiger partial charge in [-0.1, -0.05) is 18.2 Å². The number of benzene rings is 1. The van der Waals surface area contributed by atoms with E-state index in [0.29, 0.717) is 11.3 Å². The van der Waals surface area contributed by atoms with Gasteiger partial charge in [0.2, 0.25) is 0 Å². The molecule has 1 aromatic rings. The second-order valence-electron chi connectivity index (χ2n) is 2.76. The molecule has 4 heteroatoms. The molecule has 0 aliphatic rings. The number of hydrogen-bond acceptors (Lipinski definition) is 3. The zero-order valence-electron chi connectivity index (χ0n) is 8.34. The summed E-state index contributed by atoms with van der Waals surface area (Å²) in [6.45, 7) is 0.137. The van der Waals surface area contributed by atoms with Gasteiger partial charge in [0.05, 0.1) is 0 Å². The van der Waals surface area contributed by atoms with Crippen LogP contribution in [0.25, 0.3) is 6.08 Å². The van der Waals surface area contributed by atoms with E-state index in [4.69, 9.17) is 14.6 Å². The second kappa shape index (κ2) is 5.82. The normalized spacial score (nSPS) is 10.5. The summed E-state index contributed by atoms with van der Waals surface area (Å²) in [5, 5.41) is 8.49. The maximum Gasteiger partial charge on any atom is 0.328 e. The van der Waals surface area contributed by atoms with E-state index in [1.807, 2.05) is 6.07 Å². The fraction of sp³-hybridized carbons (Fsp3) is 0.182. The van der Waals surface area contributed by atoms with Crippen LogP contribution in [-0.4, -0.2) is 25.0 Å². The fourth-order valence-electron chi connectivity index (χ4n) is 1.03. The van der Waals surface area contributed by atoms with Crippen molar-refractivity contribution in [2.75, 3.05) is 13.9 Å². The molecule has 0 radical (unpaired) electrons. The molecule has 0 fully saturated rings. The third kappa shape index (κ3) is 3.83. The molecule has 0 aliphatic heterocycles. The van der Waals surface area contributed by atoms with Crippen molar-refractivity contribution < 1.29 is 19.4 Å². The maximum absolute atomic E-state index is 10.3. The zero-order chi connectivity index (χ0) is 11.1. The van der Waals surface area contributed by atoms with Crippen LogP contribution in [0.1, 0.15) is 5.56 Å². The number of para-hydroxylation sites is 1. The summed E-state index contributed by atoms with van der Waals surface area (Å²) in [7, 11) is 1.52. The van der Waals surface area contributed by atoms with Gasteiger partial charge in [0, 0.05) is 18.7 Å². The lowest BCUT2D eigenvalue weighted by molar-refractivity contribution is -0.131. The van der Waals surface area contributed by atoms with Crippen molar-refractivity contribution in [3.63, 3.8) is 0 Å². The lowest BCUT2D eigenvalue weighted by atomic mass is 10.2. The summed E-state index contributed by atoms with van der Waals surface area (Å²) in [5.74, 6) is -0.395. The van der Waals surface area contributed by atoms with Gasteiger partial charge in [-0.2, -0.15) is 0 Å². The van der Waals surface area contributed by atoms with Crippen molar-refractivity contribution in [2.24, 2.45) is 0 Å². The van der Waals surface area contributed by atoms with Crippen molar-refractivity contribution >= 4 is 12.0 Å². The summed E-state index contributed by atoms with van der Waals surface area (Å²) < 4.78 is 10.0. The van der Waals surface area contributed by atoms with Gasteiger partial charge in [-0.15, -0.1) is 0 Å². The lowest BCUT2D eigenvalue weighted by Gasteiger charge is -2.07. The Labute approximate surface area is 87.7 Å². The molecule has 4 nitrogen and oxygen atoms in total. The number of ether oxygens (including phenoxy) is 2. The quantitative estimate of drug-likeness (QED) is 0.591. The van der Waals surface area contributed by atoms with E-state index in [9.17, 15) is 4.79 Å². The minimum atomic E-state index is -0.989. The summed E-state index contributed by atoms with van der Waals surface area (Å²) in [6, 6.07) is 7.13. The molecule has 0 saturated carbocycles. The highest BCUT2D eigenvalue weighted by molar-refractivity contribution is 5.85. The molecule has 80 valence electrons. The topological polar surface area (TPSA) is 55.8 Å². The standard InChI is InChI=1S/C11H12O4/c1-14-8-15-10-5-3-2-4-9(10)6-7-11(12)13/h2-7H,8H2,1H3,(H,12,13)/b7-6+. The molecule has 0 atom stereocenters. The van der Waals surface area contributed by atoms with Crippen molar-refractivity contribution in [1.29, 1.82) is 0 Å². The first kappa shape index (κ1) is 11.3. The number of carboxylic acids is 1. The van der Waals surface area contributed by atoms with Gasteiger partial charge in [-0.3, -0.25) is 0 Å². The molecule has 1 rings (SSSR count). The van der Waals surface area contributed by atoms with Gasteiger partial charge in [-0.25, -0.2) is 4.79 Å². The lowest BCUT2D eigenvalue weighted by Crippen LogP contribution is -2.00. The van der Waals surface area contributed by atoms with Crippen molar-refractivity contribution in [3.8, 4) is 5.75 Å². The van der Waals surface area contributed by atoms with Crippen LogP contribution in [0.5, 0.6) is 5.75 Å². The molecule has 1 aromatic carbocycles. The Hall–Kier alpha value is -1.81. The van der Waals surface area contributed by atoms with Crippen LogP contribution in [0, 0.1) is 0 Å². The highest BCUT2D eigenvalue weighted by Gasteiger charge is 1.99. The first-order valence-electron chi connectivity index (χ1n) is 4.36. The van der Waals surface area contributed by atoms with E-state index in [0.717, 1.165) is 6.08 Å². The largest absolute Gasteiger partial charge is 0.478 e. The smallest absolute Gasteiger partial charge is 0.328 e. The molecule has 0 unspecified atom stereocenters. The number of carbonyl (C=O) groups is 1. The van der Waals surface area contributed by atoms with Gasteiger partial charge in [0.25, 0.3) is 0 Å². The van der Waals surface area contributed by atoms with Crippen LogP contribution < -0.4 is 4.74 Å². The Morgan fingerprint density at radius 3 is 2.87 bits per heavy atom. The molecule has 0 spiro atoms. The van der Waals surface area contributed by atoms with E-state index >= 15 is 0 Å². The second-order valence-corrected chi connectivity index (χ2v) is 2.76. The average Bonchev–Trinajstić information content (AvgIpc) is 2.24. The molecular formula is C11H12O4. The Morgan fingerprint density at radius 1 is 1.47 bits per heavy atom. The Balaban J connectivity index is 2.81. The summed E-state index contributed by atoms with van der Waals surface area (Å²) in [5.41, 5.74) is 0.706. The molecule has 0 aromatic heterocycles. The van der Waals surface area contributed by atoms with Gasteiger partial charge in [-0.05, 0) is 12.1 Å². The van der Waals surface area contributed by atoms with E-state index in [2.05, 4.69) is 0 Å². The predicted octanol–water partition coefficient (Wildman–Crippen LogP) is 1.77. The maximum atomic E-state index is 10.3. The van der Waals surface area contributed by atoms with Crippen LogP contribution in [-0.2, 0) is 9.53 Å². The minimum Gasteiger partial charge on any atom is -0.478 e. The summed E-state index contributed by atoms with van der Waals surface area (Å²) in [4.78, 5) is 10.3. The molecule has 1 N–H and O–H groups in total. The number of methoxy groups -OCH3 is 1. The number of carboxylic acid groups (broad SMARTS) is 1. The Bertz CT molecular complexity index is 357. The SMILES string of the molecule is COCOc1ccccc1/C=C/C(=O)O. The van der Waals surface area contributed by atoms with Crippen LogP contribution in [0.15, 0.2) is 30.3 Å². The molecular weight excluding hydrogens is 196 g/mol. The molecule has 0 aliphatic carbocycles.